The van der Waals surface area contributed by atoms with E-state index in [1.807, 2.05) is 0 Å². The van der Waals surface area contributed by atoms with Gasteiger partial charge >= 0.3 is 29.6 Å². The zero-order chi connectivity index (χ0) is 21.2. The normalized spacial score (nSPS) is 12.7. The molecule has 1 aliphatic carbocycles. The van der Waals surface area contributed by atoms with Crippen LogP contribution >= 0.6 is 0 Å². The van der Waals surface area contributed by atoms with Crippen molar-refractivity contribution < 1.29 is 52.1 Å². The number of nitrogens with two attached hydrogens (primary N) is 2. The Balaban J connectivity index is 0.00000320. The average Bonchev–Trinajstić information content (AvgIpc) is 2.68. The number of hydrogen-bond donors (Lipinski definition) is 3. The maximum atomic E-state index is 13.1. The van der Waals surface area contributed by atoms with Crippen LogP contribution in [0.25, 0.3) is 0 Å². The SMILES string of the molecule is NCCCCCCNc1cc(S(=O)(=O)[O-])c(N)c2c1C(=O)c1ccccc1C2=O.[Na+]. The minimum atomic E-state index is -4.94. The number of nitrogen functional groups attached to an aromatic ring is 1. The number of carbonyl (C=O) groups is 2. The number of anilines is 2. The van der Waals surface area contributed by atoms with E-state index >= 15 is 0 Å². The van der Waals surface area contributed by atoms with Gasteiger partial charge < -0.3 is 21.3 Å². The number of unbranched alkanes of at least 4 members (excludes halogenated alkanes) is 3. The Kier molecular flexibility index (Phi) is 8.20. The first-order valence-electron chi connectivity index (χ1n) is 9.32. The van der Waals surface area contributed by atoms with Crippen molar-refractivity contribution in [3.8, 4) is 0 Å². The maximum absolute atomic E-state index is 13.1. The summed E-state index contributed by atoms with van der Waals surface area (Å²) in [5.74, 6) is -1.02. The van der Waals surface area contributed by atoms with Crippen molar-refractivity contribution in [2.75, 3.05) is 24.1 Å². The van der Waals surface area contributed by atoms with Crippen LogP contribution in [0.2, 0.25) is 0 Å². The van der Waals surface area contributed by atoms with E-state index in [1.165, 1.54) is 12.1 Å². The summed E-state index contributed by atoms with van der Waals surface area (Å²) < 4.78 is 35.1. The van der Waals surface area contributed by atoms with Gasteiger partial charge in [-0.15, -0.1) is 0 Å². The van der Waals surface area contributed by atoms with Crippen LogP contribution in [0.3, 0.4) is 0 Å². The van der Waals surface area contributed by atoms with Crippen LogP contribution in [0.4, 0.5) is 11.4 Å². The molecule has 8 nitrogen and oxygen atoms in total. The molecule has 0 atom stereocenters. The van der Waals surface area contributed by atoms with E-state index < -0.39 is 32.3 Å². The topological polar surface area (TPSA) is 155 Å². The second-order valence-corrected chi connectivity index (χ2v) is 8.22. The number of fused-ring (bicyclic) bond motifs is 2. The van der Waals surface area contributed by atoms with Gasteiger partial charge in [0.25, 0.3) is 0 Å². The number of hydrogen-bond acceptors (Lipinski definition) is 8. The number of benzene rings is 2. The van der Waals surface area contributed by atoms with Crippen LogP contribution in [-0.4, -0.2) is 37.6 Å². The molecule has 0 unspecified atom stereocenters. The summed E-state index contributed by atoms with van der Waals surface area (Å²) in [6, 6.07) is 7.29. The molecular weight excluding hydrogens is 417 g/mol. The van der Waals surface area contributed by atoms with Crippen LogP contribution in [0.15, 0.2) is 35.2 Å². The predicted octanol–water partition coefficient (Wildman–Crippen LogP) is -1.12. The fourth-order valence-corrected chi connectivity index (χ4v) is 4.12. The Morgan fingerprint density at radius 2 is 1.50 bits per heavy atom. The van der Waals surface area contributed by atoms with Crippen molar-refractivity contribution in [3.63, 3.8) is 0 Å². The molecule has 2 aromatic carbocycles. The molecule has 2 aromatic rings. The van der Waals surface area contributed by atoms with Gasteiger partial charge in [0.1, 0.15) is 10.1 Å². The van der Waals surface area contributed by atoms with Gasteiger partial charge in [-0.25, -0.2) is 8.42 Å². The summed E-state index contributed by atoms with van der Waals surface area (Å²) in [5.41, 5.74) is 11.1. The summed E-state index contributed by atoms with van der Waals surface area (Å²) in [6.45, 7) is 1.04. The largest absolute Gasteiger partial charge is 1.00 e. The molecule has 10 heteroatoms. The zero-order valence-electron chi connectivity index (χ0n) is 16.7. The molecule has 30 heavy (non-hydrogen) atoms. The van der Waals surface area contributed by atoms with E-state index in [0.29, 0.717) is 13.1 Å². The molecule has 0 amide bonds. The molecule has 0 saturated carbocycles. The summed E-state index contributed by atoms with van der Waals surface area (Å²) >= 11 is 0. The van der Waals surface area contributed by atoms with Crippen molar-refractivity contribution >= 4 is 33.1 Å². The van der Waals surface area contributed by atoms with Crippen LogP contribution in [0, 0.1) is 0 Å². The molecule has 0 fully saturated rings. The van der Waals surface area contributed by atoms with E-state index in [2.05, 4.69) is 5.32 Å². The van der Waals surface area contributed by atoms with Gasteiger partial charge in [-0.3, -0.25) is 9.59 Å². The van der Waals surface area contributed by atoms with Gasteiger partial charge in [0, 0.05) is 23.4 Å². The van der Waals surface area contributed by atoms with Gasteiger partial charge in [-0.1, -0.05) is 37.1 Å². The third-order valence-electron chi connectivity index (χ3n) is 4.92. The van der Waals surface area contributed by atoms with E-state index in [1.54, 1.807) is 12.1 Å². The van der Waals surface area contributed by atoms with Crippen molar-refractivity contribution in [2.24, 2.45) is 5.73 Å². The summed E-state index contributed by atoms with van der Waals surface area (Å²) in [5, 5.41) is 3.01. The Morgan fingerprint density at radius 1 is 0.933 bits per heavy atom. The van der Waals surface area contributed by atoms with Crippen molar-refractivity contribution in [2.45, 2.75) is 30.6 Å². The number of rotatable bonds is 8. The molecule has 0 spiro atoms. The van der Waals surface area contributed by atoms with Gasteiger partial charge in [-0.2, -0.15) is 0 Å². The third kappa shape index (κ3) is 4.77. The minimum absolute atomic E-state index is 0. The summed E-state index contributed by atoms with van der Waals surface area (Å²) in [4.78, 5) is 25.4. The molecule has 5 N–H and O–H groups in total. The molecule has 0 radical (unpaired) electrons. The molecule has 1 aliphatic rings. The first-order chi connectivity index (χ1) is 13.8. The second kappa shape index (κ2) is 10.0. The molecule has 0 aromatic heterocycles. The van der Waals surface area contributed by atoms with Crippen molar-refractivity contribution in [1.82, 2.24) is 0 Å². The molecule has 0 bridgehead atoms. The minimum Gasteiger partial charge on any atom is -0.744 e. The van der Waals surface area contributed by atoms with Gasteiger partial charge in [-0.05, 0) is 25.5 Å². The number of carbonyl (C=O) groups excluding carboxylic acids is 2. The summed E-state index contributed by atoms with van der Waals surface area (Å²) in [7, 11) is -4.94. The number of ketones is 2. The second-order valence-electron chi connectivity index (χ2n) is 6.87. The van der Waals surface area contributed by atoms with Crippen LogP contribution in [-0.2, 0) is 10.1 Å². The Bertz CT molecular complexity index is 1090. The molecule has 0 aliphatic heterocycles. The Labute approximate surface area is 197 Å². The molecule has 0 heterocycles. The van der Waals surface area contributed by atoms with Crippen molar-refractivity contribution in [3.05, 3.63) is 52.6 Å². The summed E-state index contributed by atoms with van der Waals surface area (Å²) in [6.07, 6.45) is 3.49. The van der Waals surface area contributed by atoms with Crippen LogP contribution in [0.5, 0.6) is 0 Å². The van der Waals surface area contributed by atoms with Crippen LogP contribution < -0.4 is 46.3 Å². The van der Waals surface area contributed by atoms with Gasteiger partial charge in [0.05, 0.1) is 21.7 Å². The predicted molar refractivity (Wildman–Crippen MR) is 108 cm³/mol. The van der Waals surface area contributed by atoms with Gasteiger partial charge in [0.2, 0.25) is 0 Å². The fraction of sp³-hybridized carbons (Fsp3) is 0.300. The zero-order valence-corrected chi connectivity index (χ0v) is 19.6. The fourth-order valence-electron chi connectivity index (χ4n) is 3.49. The van der Waals surface area contributed by atoms with E-state index in [0.717, 1.165) is 31.7 Å². The standard InChI is InChI=1S/C20H23N3O5S.Na/c21-9-5-1-2-6-10-23-14-11-15(29(26,27)28)18(22)17-16(14)19(24)12-7-3-4-8-13(12)20(17)25;/h3-4,7-8,11,23H,1-2,5-6,9-10,21-22H2,(H,26,27,28);/q;+1/p-1. The monoisotopic (exact) mass is 439 g/mol. The molecule has 154 valence electrons. The molecular formula is C20H22N3NaO5S. The van der Waals surface area contributed by atoms with E-state index in [-0.39, 0.29) is 57.5 Å². The quantitative estimate of drug-likeness (QED) is 0.173. The van der Waals surface area contributed by atoms with E-state index in [9.17, 15) is 22.6 Å². The Morgan fingerprint density at radius 3 is 2.07 bits per heavy atom. The van der Waals surface area contributed by atoms with Crippen LogP contribution in [0.1, 0.15) is 57.5 Å². The van der Waals surface area contributed by atoms with E-state index in [4.69, 9.17) is 11.5 Å². The maximum Gasteiger partial charge on any atom is 1.00 e. The number of nitrogens with one attached hydrogen (secondary N) is 1. The molecule has 3 rings (SSSR count). The van der Waals surface area contributed by atoms with Gasteiger partial charge in [0.15, 0.2) is 11.6 Å². The third-order valence-corrected chi connectivity index (χ3v) is 5.79. The first-order valence-corrected chi connectivity index (χ1v) is 10.7. The van der Waals surface area contributed by atoms with Crippen molar-refractivity contribution in [1.29, 1.82) is 0 Å². The first kappa shape index (κ1) is 24.5. The smallest absolute Gasteiger partial charge is 0.744 e. The molecule has 0 saturated heterocycles. The Hall–Kier alpha value is -1.75. The average molecular weight is 439 g/mol.